The van der Waals surface area contributed by atoms with Crippen molar-refractivity contribution < 1.29 is 18.8 Å². The Balaban J connectivity index is 1.75. The number of rotatable bonds is 6. The molecule has 28 heavy (non-hydrogen) atoms. The van der Waals surface area contributed by atoms with Crippen LogP contribution in [0.4, 0.5) is 15.8 Å². The van der Waals surface area contributed by atoms with Crippen LogP contribution in [0.2, 0.25) is 0 Å². The number of hydrogen-bond donors (Lipinski definition) is 2. The molecule has 1 saturated heterocycles. The molecule has 0 spiro atoms. The van der Waals surface area contributed by atoms with Gasteiger partial charge in [-0.05, 0) is 29.8 Å². The molecule has 2 aromatic rings. The van der Waals surface area contributed by atoms with Gasteiger partial charge < -0.3 is 15.8 Å². The number of nitrogen functional groups attached to an aromatic ring is 1. The lowest BCUT2D eigenvalue weighted by Gasteiger charge is -2.35. The van der Waals surface area contributed by atoms with Gasteiger partial charge in [-0.25, -0.2) is 4.39 Å². The molecule has 0 bridgehead atoms. The number of nitrogens with one attached hydrogen (secondary N) is 1. The number of hydrogen-bond acceptors (Lipinski definition) is 6. The van der Waals surface area contributed by atoms with Crippen molar-refractivity contribution >= 4 is 17.3 Å². The van der Waals surface area contributed by atoms with Gasteiger partial charge in [-0.15, -0.1) is 0 Å². The first-order valence-corrected chi connectivity index (χ1v) is 8.85. The Bertz CT molecular complexity index is 854. The lowest BCUT2D eigenvalue weighted by Crippen LogP contribution is -2.43. The minimum absolute atomic E-state index is 0.000875. The summed E-state index contributed by atoms with van der Waals surface area (Å²) >= 11 is 0. The molecule has 1 atom stereocenters. The van der Waals surface area contributed by atoms with Crippen molar-refractivity contribution in [1.29, 1.82) is 0 Å². The van der Waals surface area contributed by atoms with Gasteiger partial charge in [0.15, 0.2) is 0 Å². The number of nitro benzene ring substituents is 1. The lowest BCUT2D eigenvalue weighted by molar-refractivity contribution is -0.383. The average Bonchev–Trinajstić information content (AvgIpc) is 2.70. The highest BCUT2D eigenvalue weighted by atomic mass is 19.1. The van der Waals surface area contributed by atoms with E-state index in [1.165, 1.54) is 24.3 Å². The number of anilines is 1. The fraction of sp³-hybridized carbons (Fsp3) is 0.316. The summed E-state index contributed by atoms with van der Waals surface area (Å²) in [5.74, 6) is -0.772. The highest BCUT2D eigenvalue weighted by molar-refractivity contribution is 5.95. The topological polar surface area (TPSA) is 111 Å². The van der Waals surface area contributed by atoms with Gasteiger partial charge in [0.25, 0.3) is 11.6 Å². The number of nitrogens with zero attached hydrogens (tertiary/aromatic N) is 2. The molecule has 9 heteroatoms. The van der Waals surface area contributed by atoms with Crippen LogP contribution in [0.25, 0.3) is 0 Å². The molecular weight excluding hydrogens is 367 g/mol. The Kier molecular flexibility index (Phi) is 6.17. The molecule has 8 nitrogen and oxygen atoms in total. The first-order chi connectivity index (χ1) is 13.5. The highest BCUT2D eigenvalue weighted by Gasteiger charge is 2.24. The number of carbonyl (C=O) groups is 1. The molecule has 0 radical (unpaired) electrons. The van der Waals surface area contributed by atoms with Gasteiger partial charge >= 0.3 is 0 Å². The second kappa shape index (κ2) is 8.77. The number of amides is 1. The molecule has 3 N–H and O–H groups in total. The molecule has 0 aliphatic carbocycles. The van der Waals surface area contributed by atoms with E-state index >= 15 is 0 Å². The summed E-state index contributed by atoms with van der Waals surface area (Å²) in [5, 5.41) is 13.8. The molecule has 1 aliphatic rings. The molecule has 1 fully saturated rings. The van der Waals surface area contributed by atoms with Crippen LogP contribution in [0.5, 0.6) is 0 Å². The Morgan fingerprint density at radius 3 is 2.57 bits per heavy atom. The molecule has 148 valence electrons. The Morgan fingerprint density at radius 2 is 1.93 bits per heavy atom. The standard InChI is InChI=1S/C19H21FN4O4/c20-15-4-1-13(2-5-15)18(23-7-9-28-10-8-23)12-22-19(25)14-3-6-16(21)17(11-14)24(26)27/h1-6,11,18H,7-10,12,21H2,(H,22,25). The van der Waals surface area contributed by atoms with Gasteiger partial charge in [-0.1, -0.05) is 12.1 Å². The third-order valence-corrected chi connectivity index (χ3v) is 4.69. The van der Waals surface area contributed by atoms with E-state index < -0.39 is 10.8 Å². The summed E-state index contributed by atoms with van der Waals surface area (Å²) in [4.78, 5) is 25.1. The van der Waals surface area contributed by atoms with Gasteiger partial charge in [-0.3, -0.25) is 19.8 Å². The van der Waals surface area contributed by atoms with Crippen LogP contribution >= 0.6 is 0 Å². The van der Waals surface area contributed by atoms with Crippen LogP contribution < -0.4 is 11.1 Å². The van der Waals surface area contributed by atoms with Crippen LogP contribution in [0, 0.1) is 15.9 Å². The van der Waals surface area contributed by atoms with Crippen LogP contribution in [-0.2, 0) is 4.74 Å². The third kappa shape index (κ3) is 4.62. The smallest absolute Gasteiger partial charge is 0.292 e. The number of ether oxygens (including phenoxy) is 1. The Morgan fingerprint density at radius 1 is 1.25 bits per heavy atom. The zero-order valence-electron chi connectivity index (χ0n) is 15.1. The second-order valence-electron chi connectivity index (χ2n) is 6.46. The van der Waals surface area contributed by atoms with E-state index in [1.807, 2.05) is 0 Å². The van der Waals surface area contributed by atoms with Gasteiger partial charge in [0, 0.05) is 31.3 Å². The van der Waals surface area contributed by atoms with E-state index in [1.54, 1.807) is 12.1 Å². The first kappa shape index (κ1) is 19.7. The summed E-state index contributed by atoms with van der Waals surface area (Å²) in [5.41, 5.74) is 6.29. The SMILES string of the molecule is Nc1ccc(C(=O)NCC(c2ccc(F)cc2)N2CCOCC2)cc1[N+](=O)[O-]. The number of halogens is 1. The molecule has 0 saturated carbocycles. The second-order valence-corrected chi connectivity index (χ2v) is 6.46. The highest BCUT2D eigenvalue weighted by Crippen LogP contribution is 2.24. The molecule has 1 aliphatic heterocycles. The molecule has 1 heterocycles. The monoisotopic (exact) mass is 388 g/mol. The number of nitro groups is 1. The average molecular weight is 388 g/mol. The van der Waals surface area contributed by atoms with E-state index in [2.05, 4.69) is 10.2 Å². The van der Waals surface area contributed by atoms with Gasteiger partial charge in [0.1, 0.15) is 11.5 Å². The normalized spacial score (nSPS) is 15.8. The summed E-state index contributed by atoms with van der Waals surface area (Å²) in [6.07, 6.45) is 0. The fourth-order valence-corrected chi connectivity index (χ4v) is 3.17. The van der Waals surface area contributed by atoms with Crippen molar-refractivity contribution in [3.05, 3.63) is 69.5 Å². The Hall–Kier alpha value is -3.04. The van der Waals surface area contributed by atoms with Crippen molar-refractivity contribution in [3.8, 4) is 0 Å². The largest absolute Gasteiger partial charge is 0.393 e. The number of carbonyl (C=O) groups excluding carboxylic acids is 1. The zero-order chi connectivity index (χ0) is 20.1. The van der Waals surface area contributed by atoms with Crippen molar-refractivity contribution in [2.24, 2.45) is 0 Å². The van der Waals surface area contributed by atoms with Crippen LogP contribution in [-0.4, -0.2) is 48.6 Å². The lowest BCUT2D eigenvalue weighted by atomic mass is 10.0. The minimum Gasteiger partial charge on any atom is -0.393 e. The molecule has 2 aromatic carbocycles. The molecule has 0 aromatic heterocycles. The van der Waals surface area contributed by atoms with E-state index in [4.69, 9.17) is 10.5 Å². The van der Waals surface area contributed by atoms with Gasteiger partial charge in [0.05, 0.1) is 24.2 Å². The summed E-state index contributed by atoms with van der Waals surface area (Å²) < 4.78 is 18.7. The number of nitrogens with two attached hydrogens (primary N) is 1. The van der Waals surface area contributed by atoms with E-state index in [0.29, 0.717) is 26.3 Å². The third-order valence-electron chi connectivity index (χ3n) is 4.69. The maximum absolute atomic E-state index is 13.3. The number of benzene rings is 2. The maximum atomic E-state index is 13.3. The van der Waals surface area contributed by atoms with Crippen molar-refractivity contribution in [2.75, 3.05) is 38.6 Å². The zero-order valence-corrected chi connectivity index (χ0v) is 15.1. The van der Waals surface area contributed by atoms with E-state index in [0.717, 1.165) is 11.6 Å². The summed E-state index contributed by atoms with van der Waals surface area (Å²) in [6, 6.07) is 9.92. The van der Waals surface area contributed by atoms with Crippen molar-refractivity contribution in [3.63, 3.8) is 0 Å². The summed E-state index contributed by atoms with van der Waals surface area (Å²) in [6.45, 7) is 2.80. The van der Waals surface area contributed by atoms with Crippen LogP contribution in [0.1, 0.15) is 22.0 Å². The minimum atomic E-state index is -0.624. The van der Waals surface area contributed by atoms with Crippen LogP contribution in [0.15, 0.2) is 42.5 Å². The van der Waals surface area contributed by atoms with E-state index in [9.17, 15) is 19.3 Å². The quantitative estimate of drug-likeness (QED) is 0.446. The van der Waals surface area contributed by atoms with Crippen LogP contribution in [0.3, 0.4) is 0 Å². The fourth-order valence-electron chi connectivity index (χ4n) is 3.17. The molecule has 1 amide bonds. The first-order valence-electron chi connectivity index (χ1n) is 8.85. The van der Waals surface area contributed by atoms with Crippen molar-refractivity contribution in [1.82, 2.24) is 10.2 Å². The predicted molar refractivity (Wildman–Crippen MR) is 101 cm³/mol. The van der Waals surface area contributed by atoms with E-state index in [-0.39, 0.29) is 35.3 Å². The summed E-state index contributed by atoms with van der Waals surface area (Å²) in [7, 11) is 0. The Labute approximate surface area is 161 Å². The molecular formula is C19H21FN4O4. The molecule has 3 rings (SSSR count). The predicted octanol–water partition coefficient (Wildman–Crippen LogP) is 2.12. The molecule has 1 unspecified atom stereocenters. The van der Waals surface area contributed by atoms with Gasteiger partial charge in [-0.2, -0.15) is 0 Å². The number of morpholine rings is 1. The van der Waals surface area contributed by atoms with Crippen molar-refractivity contribution in [2.45, 2.75) is 6.04 Å². The van der Waals surface area contributed by atoms with Gasteiger partial charge in [0.2, 0.25) is 0 Å². The maximum Gasteiger partial charge on any atom is 0.292 e.